The van der Waals surface area contributed by atoms with Crippen LogP contribution in [0.25, 0.3) is 0 Å². The molecule has 2 aromatic rings. The normalized spacial score (nSPS) is 16.4. The molecule has 0 saturated carbocycles. The van der Waals surface area contributed by atoms with Crippen molar-refractivity contribution >= 4 is 5.96 Å². The van der Waals surface area contributed by atoms with Crippen LogP contribution in [0.1, 0.15) is 36.4 Å². The highest BCUT2D eigenvalue weighted by atomic mass is 16.5. The SMILES string of the molecule is CN=C(NCCc1cnn(C)c1)NCC(c1ccc(OC)cc1)N1CCCCC1. The Morgan fingerprint density at radius 2 is 1.93 bits per heavy atom. The molecule has 3 rings (SSSR count). The Labute approximate surface area is 174 Å². The fourth-order valence-electron chi connectivity index (χ4n) is 3.85. The topological polar surface area (TPSA) is 66.7 Å². The highest BCUT2D eigenvalue weighted by molar-refractivity contribution is 5.79. The van der Waals surface area contributed by atoms with Crippen molar-refractivity contribution in [2.75, 3.05) is 40.3 Å². The molecule has 7 nitrogen and oxygen atoms in total. The van der Waals surface area contributed by atoms with Gasteiger partial charge < -0.3 is 15.4 Å². The number of aliphatic imine (C=N–C) groups is 1. The molecule has 1 atom stereocenters. The molecule has 1 fully saturated rings. The van der Waals surface area contributed by atoms with Crippen LogP contribution >= 0.6 is 0 Å². The number of piperidine rings is 1. The molecule has 0 radical (unpaired) electrons. The van der Waals surface area contributed by atoms with E-state index < -0.39 is 0 Å². The Hall–Kier alpha value is -2.54. The van der Waals surface area contributed by atoms with E-state index in [4.69, 9.17) is 4.74 Å². The van der Waals surface area contributed by atoms with E-state index in [2.05, 4.69) is 37.8 Å². The van der Waals surface area contributed by atoms with Gasteiger partial charge in [0.2, 0.25) is 0 Å². The third-order valence-corrected chi connectivity index (χ3v) is 5.48. The molecule has 0 bridgehead atoms. The van der Waals surface area contributed by atoms with Crippen molar-refractivity contribution in [3.63, 3.8) is 0 Å². The second-order valence-corrected chi connectivity index (χ2v) is 7.54. The van der Waals surface area contributed by atoms with E-state index in [1.165, 1.54) is 30.4 Å². The van der Waals surface area contributed by atoms with Gasteiger partial charge in [-0.15, -0.1) is 0 Å². The average Bonchev–Trinajstić information content (AvgIpc) is 3.18. The maximum absolute atomic E-state index is 5.33. The summed E-state index contributed by atoms with van der Waals surface area (Å²) in [7, 11) is 5.47. The molecule has 1 aliphatic rings. The molecule has 29 heavy (non-hydrogen) atoms. The van der Waals surface area contributed by atoms with Crippen LogP contribution in [-0.2, 0) is 13.5 Å². The number of nitrogens with one attached hydrogen (secondary N) is 2. The van der Waals surface area contributed by atoms with E-state index in [1.807, 2.05) is 43.3 Å². The first-order valence-corrected chi connectivity index (χ1v) is 10.5. The van der Waals surface area contributed by atoms with Crippen molar-refractivity contribution in [2.45, 2.75) is 31.7 Å². The zero-order valence-corrected chi connectivity index (χ0v) is 17.9. The number of hydrogen-bond acceptors (Lipinski definition) is 4. The van der Waals surface area contributed by atoms with E-state index in [-0.39, 0.29) is 0 Å². The van der Waals surface area contributed by atoms with Crippen molar-refractivity contribution in [3.05, 3.63) is 47.8 Å². The number of nitrogens with zero attached hydrogens (tertiary/aromatic N) is 4. The molecule has 1 saturated heterocycles. The zero-order valence-electron chi connectivity index (χ0n) is 17.9. The predicted molar refractivity (Wildman–Crippen MR) is 117 cm³/mol. The number of aromatic nitrogens is 2. The number of aryl methyl sites for hydroxylation is 1. The summed E-state index contributed by atoms with van der Waals surface area (Å²) in [6.45, 7) is 3.93. The fraction of sp³-hybridized carbons (Fsp3) is 0.545. The number of guanidine groups is 1. The molecule has 2 N–H and O–H groups in total. The number of likely N-dealkylation sites (tertiary alicyclic amines) is 1. The lowest BCUT2D eigenvalue weighted by atomic mass is 10.0. The lowest BCUT2D eigenvalue weighted by molar-refractivity contribution is 0.164. The van der Waals surface area contributed by atoms with E-state index in [1.54, 1.807) is 7.11 Å². The predicted octanol–water partition coefficient (Wildman–Crippen LogP) is 2.36. The summed E-state index contributed by atoms with van der Waals surface area (Å²) in [6, 6.07) is 8.77. The number of hydrogen-bond donors (Lipinski definition) is 2. The second-order valence-electron chi connectivity index (χ2n) is 7.54. The van der Waals surface area contributed by atoms with Crippen LogP contribution in [0.2, 0.25) is 0 Å². The summed E-state index contributed by atoms with van der Waals surface area (Å²) in [6.07, 6.45) is 8.75. The molecular weight excluding hydrogens is 364 g/mol. The molecule has 1 aromatic heterocycles. The van der Waals surface area contributed by atoms with Crippen LogP contribution in [-0.4, -0.2) is 61.0 Å². The van der Waals surface area contributed by atoms with Gasteiger partial charge in [-0.3, -0.25) is 14.6 Å². The molecule has 7 heteroatoms. The average molecular weight is 399 g/mol. The minimum atomic E-state index is 0.318. The third kappa shape index (κ3) is 6.22. The van der Waals surface area contributed by atoms with Gasteiger partial charge in [-0.25, -0.2) is 0 Å². The minimum Gasteiger partial charge on any atom is -0.497 e. The van der Waals surface area contributed by atoms with Crippen molar-refractivity contribution < 1.29 is 4.74 Å². The van der Waals surface area contributed by atoms with Gasteiger partial charge in [0.05, 0.1) is 19.3 Å². The Morgan fingerprint density at radius 3 is 2.55 bits per heavy atom. The number of ether oxygens (including phenoxy) is 1. The Bertz CT molecular complexity index is 764. The molecule has 0 spiro atoms. The van der Waals surface area contributed by atoms with Gasteiger partial charge in [-0.05, 0) is 55.6 Å². The van der Waals surface area contributed by atoms with Crippen LogP contribution in [0.15, 0.2) is 41.7 Å². The maximum Gasteiger partial charge on any atom is 0.191 e. The number of methoxy groups -OCH3 is 1. The minimum absolute atomic E-state index is 0.318. The second kappa shape index (κ2) is 10.9. The lowest BCUT2D eigenvalue weighted by Crippen LogP contribution is -2.44. The first-order chi connectivity index (χ1) is 14.2. The number of rotatable bonds is 8. The van der Waals surface area contributed by atoms with Crippen LogP contribution in [0.5, 0.6) is 5.75 Å². The third-order valence-electron chi connectivity index (χ3n) is 5.48. The highest BCUT2D eigenvalue weighted by Gasteiger charge is 2.22. The Kier molecular flexibility index (Phi) is 7.93. The summed E-state index contributed by atoms with van der Waals surface area (Å²) in [5.74, 6) is 1.73. The van der Waals surface area contributed by atoms with Gasteiger partial charge >= 0.3 is 0 Å². The molecule has 158 valence electrons. The van der Waals surface area contributed by atoms with E-state index in [9.17, 15) is 0 Å². The van der Waals surface area contributed by atoms with Crippen molar-refractivity contribution in [1.29, 1.82) is 0 Å². The molecule has 2 heterocycles. The molecule has 1 aliphatic heterocycles. The molecule has 0 aliphatic carbocycles. The lowest BCUT2D eigenvalue weighted by Gasteiger charge is -2.35. The van der Waals surface area contributed by atoms with E-state index in [0.717, 1.165) is 44.3 Å². The smallest absolute Gasteiger partial charge is 0.191 e. The first kappa shape index (κ1) is 21.2. The molecule has 0 amide bonds. The Balaban J connectivity index is 1.58. The summed E-state index contributed by atoms with van der Waals surface area (Å²) in [5, 5.41) is 11.2. The van der Waals surface area contributed by atoms with Crippen LogP contribution in [0, 0.1) is 0 Å². The van der Waals surface area contributed by atoms with Crippen LogP contribution in [0.4, 0.5) is 0 Å². The monoisotopic (exact) mass is 398 g/mol. The van der Waals surface area contributed by atoms with Crippen LogP contribution < -0.4 is 15.4 Å². The summed E-state index contributed by atoms with van der Waals surface area (Å²) >= 11 is 0. The van der Waals surface area contributed by atoms with Crippen molar-refractivity contribution in [1.82, 2.24) is 25.3 Å². The van der Waals surface area contributed by atoms with Crippen LogP contribution in [0.3, 0.4) is 0 Å². The van der Waals surface area contributed by atoms with Gasteiger partial charge in [0, 0.05) is 33.4 Å². The largest absolute Gasteiger partial charge is 0.497 e. The van der Waals surface area contributed by atoms with E-state index >= 15 is 0 Å². The summed E-state index contributed by atoms with van der Waals surface area (Å²) in [4.78, 5) is 6.98. The summed E-state index contributed by atoms with van der Waals surface area (Å²) in [5.41, 5.74) is 2.53. The van der Waals surface area contributed by atoms with E-state index in [0.29, 0.717) is 6.04 Å². The quantitative estimate of drug-likeness (QED) is 0.528. The standard InChI is InChI=1S/C22H34N6O/c1-23-22(24-12-11-18-15-26-27(2)17-18)25-16-21(28-13-5-4-6-14-28)19-7-9-20(29-3)10-8-19/h7-10,15,17,21H,4-6,11-14,16H2,1-3H3,(H2,23,24,25). The van der Waals surface area contributed by atoms with Gasteiger partial charge in [0.25, 0.3) is 0 Å². The van der Waals surface area contributed by atoms with Gasteiger partial charge in [-0.2, -0.15) is 5.10 Å². The van der Waals surface area contributed by atoms with Gasteiger partial charge in [-0.1, -0.05) is 18.6 Å². The zero-order chi connectivity index (χ0) is 20.5. The fourth-order valence-corrected chi connectivity index (χ4v) is 3.85. The Morgan fingerprint density at radius 1 is 1.17 bits per heavy atom. The summed E-state index contributed by atoms with van der Waals surface area (Å²) < 4.78 is 7.16. The van der Waals surface area contributed by atoms with Gasteiger partial charge in [0.15, 0.2) is 5.96 Å². The first-order valence-electron chi connectivity index (χ1n) is 10.5. The molecule has 1 unspecified atom stereocenters. The molecular formula is C22H34N6O. The van der Waals surface area contributed by atoms with Crippen molar-refractivity contribution in [3.8, 4) is 5.75 Å². The highest BCUT2D eigenvalue weighted by Crippen LogP contribution is 2.25. The molecule has 1 aromatic carbocycles. The van der Waals surface area contributed by atoms with Crippen molar-refractivity contribution in [2.24, 2.45) is 12.0 Å². The van der Waals surface area contributed by atoms with Gasteiger partial charge in [0.1, 0.15) is 5.75 Å². The maximum atomic E-state index is 5.33. The number of benzene rings is 1.